The van der Waals surface area contributed by atoms with Crippen LogP contribution in [-0.4, -0.2) is 34.6 Å². The second kappa shape index (κ2) is 10.2. The molecule has 0 saturated heterocycles. The number of carbonyl (C=O) groups is 2. The highest BCUT2D eigenvalue weighted by molar-refractivity contribution is 7.14. The zero-order chi connectivity index (χ0) is 23.1. The van der Waals surface area contributed by atoms with Crippen LogP contribution < -0.4 is 15.4 Å². The molecular formula is C20H16F4N4O3S. The smallest absolute Gasteiger partial charge is 0.422 e. The molecule has 0 aliphatic heterocycles. The van der Waals surface area contributed by atoms with Crippen LogP contribution in [-0.2, 0) is 17.8 Å². The highest BCUT2D eigenvalue weighted by Gasteiger charge is 2.28. The molecular weight excluding hydrogens is 452 g/mol. The Hall–Kier alpha value is -3.54. The molecule has 0 fully saturated rings. The molecule has 12 heteroatoms. The van der Waals surface area contributed by atoms with Crippen molar-refractivity contribution in [2.24, 2.45) is 0 Å². The molecule has 32 heavy (non-hydrogen) atoms. The summed E-state index contributed by atoms with van der Waals surface area (Å²) < 4.78 is 54.9. The lowest BCUT2D eigenvalue weighted by Crippen LogP contribution is -2.25. The molecule has 2 N–H and O–H groups in total. The molecule has 0 spiro atoms. The Bertz CT molecular complexity index is 1100. The van der Waals surface area contributed by atoms with E-state index in [4.69, 9.17) is 0 Å². The van der Waals surface area contributed by atoms with E-state index < -0.39 is 30.4 Å². The summed E-state index contributed by atoms with van der Waals surface area (Å²) >= 11 is 1.08. The third-order valence-corrected chi connectivity index (χ3v) is 4.71. The number of nitrogens with one attached hydrogen (secondary N) is 2. The van der Waals surface area contributed by atoms with E-state index >= 15 is 0 Å². The first-order valence-corrected chi connectivity index (χ1v) is 9.99. The van der Waals surface area contributed by atoms with E-state index in [2.05, 4.69) is 25.3 Å². The topological polar surface area (TPSA) is 93.2 Å². The van der Waals surface area contributed by atoms with Crippen LogP contribution in [0.2, 0.25) is 0 Å². The number of ether oxygens (including phenoxy) is 1. The number of rotatable bonds is 8. The molecule has 7 nitrogen and oxygen atoms in total. The fourth-order valence-electron chi connectivity index (χ4n) is 2.48. The van der Waals surface area contributed by atoms with Crippen molar-refractivity contribution in [3.63, 3.8) is 0 Å². The van der Waals surface area contributed by atoms with E-state index in [9.17, 15) is 27.2 Å². The Morgan fingerprint density at radius 3 is 2.69 bits per heavy atom. The van der Waals surface area contributed by atoms with Gasteiger partial charge in [-0.3, -0.25) is 14.9 Å². The number of aromatic nitrogens is 2. The maximum Gasteiger partial charge on any atom is 0.422 e. The summed E-state index contributed by atoms with van der Waals surface area (Å²) in [5.74, 6) is -1.92. The summed E-state index contributed by atoms with van der Waals surface area (Å²) in [6.45, 7) is -1.42. The zero-order valence-electron chi connectivity index (χ0n) is 16.3. The van der Waals surface area contributed by atoms with Gasteiger partial charge in [-0.05, 0) is 23.8 Å². The van der Waals surface area contributed by atoms with Crippen LogP contribution in [0.4, 0.5) is 22.7 Å². The summed E-state index contributed by atoms with van der Waals surface area (Å²) in [5, 5.41) is 6.87. The second-order valence-electron chi connectivity index (χ2n) is 6.44. The minimum Gasteiger partial charge on any atom is -0.468 e. The van der Waals surface area contributed by atoms with Gasteiger partial charge in [-0.2, -0.15) is 13.2 Å². The van der Waals surface area contributed by atoms with Crippen molar-refractivity contribution in [3.05, 3.63) is 70.6 Å². The Morgan fingerprint density at radius 1 is 1.16 bits per heavy atom. The van der Waals surface area contributed by atoms with Crippen LogP contribution in [0.5, 0.6) is 5.88 Å². The summed E-state index contributed by atoms with van der Waals surface area (Å²) in [7, 11) is 0. The van der Waals surface area contributed by atoms with Crippen molar-refractivity contribution in [1.29, 1.82) is 0 Å². The molecule has 0 bridgehead atoms. The number of anilines is 1. The van der Waals surface area contributed by atoms with Gasteiger partial charge in [0.15, 0.2) is 11.7 Å². The van der Waals surface area contributed by atoms with Gasteiger partial charge in [-0.25, -0.2) is 14.4 Å². The van der Waals surface area contributed by atoms with Gasteiger partial charge in [0.25, 0.3) is 5.91 Å². The van der Waals surface area contributed by atoms with Crippen LogP contribution in [0.1, 0.15) is 21.6 Å². The zero-order valence-corrected chi connectivity index (χ0v) is 17.1. The third kappa shape index (κ3) is 7.01. The van der Waals surface area contributed by atoms with E-state index in [-0.39, 0.29) is 29.5 Å². The van der Waals surface area contributed by atoms with Crippen LogP contribution in [0, 0.1) is 5.82 Å². The molecule has 0 saturated carbocycles. The number of nitrogens with zero attached hydrogens (tertiary/aromatic N) is 2. The van der Waals surface area contributed by atoms with E-state index in [0.29, 0.717) is 11.3 Å². The number of halogens is 4. The minimum atomic E-state index is -4.48. The highest BCUT2D eigenvalue weighted by atomic mass is 32.1. The SMILES string of the molecule is O=C(Cc1csc(NC(=O)c2ccccc2F)n1)NCc1ccnc(OCC(F)(F)F)c1. The molecule has 2 amide bonds. The number of hydrogen-bond donors (Lipinski definition) is 2. The molecule has 0 aliphatic rings. The maximum absolute atomic E-state index is 13.7. The predicted octanol–water partition coefficient (Wildman–Crippen LogP) is 3.73. The predicted molar refractivity (Wildman–Crippen MR) is 108 cm³/mol. The molecule has 0 atom stereocenters. The number of amides is 2. The lowest BCUT2D eigenvalue weighted by Gasteiger charge is -2.09. The fraction of sp³-hybridized carbons (Fsp3) is 0.200. The van der Waals surface area contributed by atoms with Gasteiger partial charge in [0, 0.05) is 24.2 Å². The minimum absolute atomic E-state index is 0.0464. The Balaban J connectivity index is 1.49. The molecule has 0 radical (unpaired) electrons. The molecule has 3 rings (SSSR count). The average molecular weight is 468 g/mol. The monoisotopic (exact) mass is 468 g/mol. The van der Waals surface area contributed by atoms with E-state index in [0.717, 1.165) is 11.3 Å². The number of pyridine rings is 1. The highest BCUT2D eigenvalue weighted by Crippen LogP contribution is 2.19. The molecule has 2 aromatic heterocycles. The summed E-state index contributed by atoms with van der Waals surface area (Å²) in [5.41, 5.74) is 0.764. The molecule has 0 aliphatic carbocycles. The van der Waals surface area contributed by atoms with Crippen LogP contribution in [0.3, 0.4) is 0 Å². The van der Waals surface area contributed by atoms with Gasteiger partial charge in [0.1, 0.15) is 5.82 Å². The Labute approximate surface area is 183 Å². The average Bonchev–Trinajstić information content (AvgIpc) is 3.17. The number of hydrogen-bond acceptors (Lipinski definition) is 6. The summed E-state index contributed by atoms with van der Waals surface area (Å²) in [4.78, 5) is 32.1. The lowest BCUT2D eigenvalue weighted by molar-refractivity contribution is -0.154. The molecule has 3 aromatic rings. The standard InChI is InChI=1S/C20H16F4N4O3S/c21-15-4-2-1-3-14(15)18(30)28-19-27-13(10-32-19)8-16(29)26-9-12-5-6-25-17(7-12)31-11-20(22,23)24/h1-7,10H,8-9,11H2,(H,26,29)(H,27,28,30). The fourth-order valence-corrected chi connectivity index (χ4v) is 3.18. The molecule has 0 unspecified atom stereocenters. The molecule has 168 valence electrons. The van der Waals surface area contributed by atoms with Crippen molar-refractivity contribution >= 4 is 28.3 Å². The first kappa shape index (κ1) is 23.1. The third-order valence-electron chi connectivity index (χ3n) is 3.91. The molecule has 2 heterocycles. The maximum atomic E-state index is 13.7. The van der Waals surface area contributed by atoms with Gasteiger partial charge in [-0.15, -0.1) is 11.3 Å². The lowest BCUT2D eigenvalue weighted by atomic mass is 10.2. The van der Waals surface area contributed by atoms with Crippen molar-refractivity contribution in [2.75, 3.05) is 11.9 Å². The second-order valence-corrected chi connectivity index (χ2v) is 7.30. The summed E-state index contributed by atoms with van der Waals surface area (Å²) in [6, 6.07) is 8.33. The number of benzene rings is 1. The number of carbonyl (C=O) groups excluding carboxylic acids is 2. The van der Waals surface area contributed by atoms with E-state index in [1.807, 2.05) is 0 Å². The van der Waals surface area contributed by atoms with Gasteiger partial charge in [-0.1, -0.05) is 12.1 Å². The Kier molecular flexibility index (Phi) is 7.36. The van der Waals surface area contributed by atoms with Crippen molar-refractivity contribution in [1.82, 2.24) is 15.3 Å². The van der Waals surface area contributed by atoms with Crippen LogP contribution >= 0.6 is 11.3 Å². The van der Waals surface area contributed by atoms with Gasteiger partial charge >= 0.3 is 6.18 Å². The number of thiazole rings is 1. The quantitative estimate of drug-likeness (QED) is 0.492. The summed E-state index contributed by atoms with van der Waals surface area (Å²) in [6.07, 6.45) is -3.29. The van der Waals surface area contributed by atoms with Gasteiger partial charge < -0.3 is 10.1 Å². The van der Waals surface area contributed by atoms with Crippen LogP contribution in [0.25, 0.3) is 0 Å². The molecule has 1 aromatic carbocycles. The van der Waals surface area contributed by atoms with Crippen LogP contribution in [0.15, 0.2) is 48.0 Å². The first-order chi connectivity index (χ1) is 15.2. The first-order valence-electron chi connectivity index (χ1n) is 9.11. The van der Waals surface area contributed by atoms with Crippen molar-refractivity contribution in [2.45, 2.75) is 19.1 Å². The van der Waals surface area contributed by atoms with Gasteiger partial charge in [0.2, 0.25) is 11.8 Å². The van der Waals surface area contributed by atoms with Crippen molar-refractivity contribution < 1.29 is 31.9 Å². The van der Waals surface area contributed by atoms with E-state index in [1.54, 1.807) is 5.38 Å². The largest absolute Gasteiger partial charge is 0.468 e. The van der Waals surface area contributed by atoms with E-state index in [1.165, 1.54) is 42.6 Å². The normalized spacial score (nSPS) is 11.1. The van der Waals surface area contributed by atoms with Gasteiger partial charge in [0.05, 0.1) is 17.7 Å². The number of alkyl halides is 3. The van der Waals surface area contributed by atoms with Crippen molar-refractivity contribution in [3.8, 4) is 5.88 Å². The Morgan fingerprint density at radius 2 is 1.94 bits per heavy atom.